The summed E-state index contributed by atoms with van der Waals surface area (Å²) >= 11 is 1.61. The first kappa shape index (κ1) is 39.8. The number of nitrogens with zero attached hydrogens (tertiary/aromatic N) is 10. The van der Waals surface area contributed by atoms with Gasteiger partial charge in [-0.2, -0.15) is 0 Å². The number of likely N-dealkylation sites (tertiary alicyclic amines) is 1. The van der Waals surface area contributed by atoms with Crippen molar-refractivity contribution in [3.05, 3.63) is 102 Å². The average Bonchev–Trinajstić information content (AvgIpc) is 4.11. The van der Waals surface area contributed by atoms with E-state index >= 15 is 0 Å². The number of hydrogen-bond acceptors (Lipinski definition) is 13. The number of carbonyl (C=O) groups is 2. The van der Waals surface area contributed by atoms with E-state index in [1.807, 2.05) is 63.7 Å². The van der Waals surface area contributed by atoms with Crippen LogP contribution >= 0.6 is 11.3 Å². The number of hydrogen-bond donors (Lipinski definition) is 2. The molecule has 2 amide bonds. The number of anilines is 2. The zero-order valence-corrected chi connectivity index (χ0v) is 35.3. The summed E-state index contributed by atoms with van der Waals surface area (Å²) in [5, 5.41) is 26.6. The highest BCUT2D eigenvalue weighted by molar-refractivity contribution is 7.13. The molecule has 2 aliphatic rings. The molecule has 0 bridgehead atoms. The quantitative estimate of drug-likeness (QED) is 0.143. The van der Waals surface area contributed by atoms with Crippen LogP contribution in [0.5, 0.6) is 5.75 Å². The summed E-state index contributed by atoms with van der Waals surface area (Å²) in [6, 6.07) is 20.5. The summed E-state index contributed by atoms with van der Waals surface area (Å²) in [6.45, 7) is 9.80. The van der Waals surface area contributed by atoms with Crippen molar-refractivity contribution in [2.24, 2.45) is 13.0 Å². The summed E-state index contributed by atoms with van der Waals surface area (Å²) < 4.78 is 7.96. The summed E-state index contributed by atoms with van der Waals surface area (Å²) in [5.74, 6) is 1.28. The minimum Gasteiger partial charge on any atom is -0.507 e. The molecular formula is C45H47N11O4S. The molecule has 7 heterocycles. The highest BCUT2D eigenvalue weighted by Crippen LogP contribution is 2.34. The first-order chi connectivity index (χ1) is 29.6. The molecule has 15 nitrogen and oxygen atoms in total. The van der Waals surface area contributed by atoms with Crippen LogP contribution in [0.2, 0.25) is 0 Å². The number of thiazole rings is 1. The van der Waals surface area contributed by atoms with Crippen LogP contribution in [0.3, 0.4) is 0 Å². The number of fused-ring (bicyclic) bond motifs is 1. The number of phenols is 1. The number of rotatable bonds is 11. The fourth-order valence-electron chi connectivity index (χ4n) is 8.43. The van der Waals surface area contributed by atoms with Gasteiger partial charge in [0, 0.05) is 82.0 Å². The number of amides is 2. The molecule has 2 aromatic carbocycles. The second-order valence-corrected chi connectivity index (χ2v) is 16.9. The van der Waals surface area contributed by atoms with Gasteiger partial charge in [0.2, 0.25) is 17.8 Å². The van der Waals surface area contributed by atoms with Crippen LogP contribution in [-0.2, 0) is 23.2 Å². The van der Waals surface area contributed by atoms with Crippen LogP contribution in [-0.4, -0.2) is 95.5 Å². The molecule has 2 atom stereocenters. The Kier molecular flexibility index (Phi) is 10.9. The van der Waals surface area contributed by atoms with Crippen LogP contribution in [0.25, 0.3) is 44.0 Å². The molecule has 7 aromatic rings. The SMILES string of the molecule is Cc1ncsc1-c1ccc(CNC(=O)C2CCCN2C(=O)C(c2cc(-c3cnc(N4CCN(c5cc6nnc(-c7ccccc7O)cc6n5C)CC4)nc3)no2)C(C)C)cc1. The van der Waals surface area contributed by atoms with Gasteiger partial charge in [-0.05, 0) is 55.0 Å². The van der Waals surface area contributed by atoms with Gasteiger partial charge >= 0.3 is 0 Å². The summed E-state index contributed by atoms with van der Waals surface area (Å²) in [4.78, 5) is 48.7. The second-order valence-electron chi connectivity index (χ2n) is 16.0. The molecule has 5 aromatic heterocycles. The topological polar surface area (TPSA) is 172 Å². The maximum Gasteiger partial charge on any atom is 0.243 e. The normalized spacial score (nSPS) is 16.1. The number of piperazine rings is 1. The third kappa shape index (κ3) is 7.90. The van der Waals surface area contributed by atoms with Gasteiger partial charge < -0.3 is 34.2 Å². The molecule has 9 rings (SSSR count). The predicted molar refractivity (Wildman–Crippen MR) is 234 cm³/mol. The van der Waals surface area contributed by atoms with Crippen LogP contribution in [0.15, 0.2) is 89.2 Å². The summed E-state index contributed by atoms with van der Waals surface area (Å²) in [5.41, 5.74) is 9.14. The van der Waals surface area contributed by atoms with Gasteiger partial charge in [0.15, 0.2) is 0 Å². The number of phenolic OH excluding ortho intramolecular Hbond substituents is 1. The maximum atomic E-state index is 14.2. The zero-order valence-electron chi connectivity index (χ0n) is 34.5. The van der Waals surface area contributed by atoms with Gasteiger partial charge in [-0.3, -0.25) is 9.59 Å². The highest BCUT2D eigenvalue weighted by atomic mass is 32.1. The lowest BCUT2D eigenvalue weighted by molar-refractivity contribution is -0.140. The van der Waals surface area contributed by atoms with Crippen molar-refractivity contribution >= 4 is 46.0 Å². The van der Waals surface area contributed by atoms with Gasteiger partial charge in [-0.1, -0.05) is 55.4 Å². The van der Waals surface area contributed by atoms with Crippen LogP contribution in [0, 0.1) is 12.8 Å². The largest absolute Gasteiger partial charge is 0.507 e. The van der Waals surface area contributed by atoms with Crippen LogP contribution in [0.4, 0.5) is 11.8 Å². The minimum atomic E-state index is -0.609. The Morgan fingerprint density at radius 1 is 0.902 bits per heavy atom. The van der Waals surface area contributed by atoms with E-state index in [9.17, 15) is 14.7 Å². The highest BCUT2D eigenvalue weighted by Gasteiger charge is 2.40. The Morgan fingerprint density at radius 3 is 2.38 bits per heavy atom. The molecule has 0 saturated carbocycles. The maximum absolute atomic E-state index is 14.2. The van der Waals surface area contributed by atoms with Gasteiger partial charge in [-0.25, -0.2) is 15.0 Å². The molecule has 2 N–H and O–H groups in total. The molecule has 2 unspecified atom stereocenters. The number of aromatic nitrogens is 7. The molecular weight excluding hydrogens is 791 g/mol. The Labute approximate surface area is 357 Å². The van der Waals surface area contributed by atoms with Gasteiger partial charge in [0.1, 0.15) is 40.5 Å². The smallest absolute Gasteiger partial charge is 0.243 e. The zero-order chi connectivity index (χ0) is 42.2. The second kappa shape index (κ2) is 16.8. The lowest BCUT2D eigenvalue weighted by Crippen LogP contribution is -2.47. The molecule has 2 fully saturated rings. The number of aryl methyl sites for hydroxylation is 2. The number of aromatic hydroxyl groups is 1. The van der Waals surface area contributed by atoms with E-state index in [0.29, 0.717) is 53.7 Å². The molecule has 16 heteroatoms. The predicted octanol–water partition coefficient (Wildman–Crippen LogP) is 6.59. The van der Waals surface area contributed by atoms with Crippen molar-refractivity contribution in [1.82, 2.24) is 45.1 Å². The molecule has 0 spiro atoms. The lowest BCUT2D eigenvalue weighted by Gasteiger charge is -2.36. The van der Waals surface area contributed by atoms with E-state index in [0.717, 1.165) is 71.1 Å². The summed E-state index contributed by atoms with van der Waals surface area (Å²) in [7, 11) is 2.02. The van der Waals surface area contributed by atoms with Gasteiger partial charge in [0.25, 0.3) is 0 Å². The third-order valence-corrected chi connectivity index (χ3v) is 12.8. The number of carbonyl (C=O) groups excluding carboxylic acids is 2. The van der Waals surface area contributed by atoms with Crippen molar-refractivity contribution in [3.63, 3.8) is 0 Å². The Hall–Kier alpha value is -6.68. The third-order valence-electron chi connectivity index (χ3n) is 11.8. The van der Waals surface area contributed by atoms with Crippen LogP contribution in [0.1, 0.15) is 49.6 Å². The van der Waals surface area contributed by atoms with Crippen molar-refractivity contribution in [2.75, 3.05) is 42.5 Å². The monoisotopic (exact) mass is 837 g/mol. The fraction of sp³-hybridized carbons (Fsp3) is 0.333. The van der Waals surface area contributed by atoms with E-state index in [2.05, 4.69) is 58.2 Å². The van der Waals surface area contributed by atoms with Crippen molar-refractivity contribution in [2.45, 2.75) is 52.1 Å². The Balaban J connectivity index is 0.815. The van der Waals surface area contributed by atoms with E-state index in [-0.39, 0.29) is 23.5 Å². The first-order valence-electron chi connectivity index (χ1n) is 20.6. The lowest BCUT2D eigenvalue weighted by atomic mass is 9.91. The average molecular weight is 838 g/mol. The fourth-order valence-corrected chi connectivity index (χ4v) is 9.24. The van der Waals surface area contributed by atoms with Gasteiger partial charge in [-0.15, -0.1) is 21.5 Å². The molecule has 0 radical (unpaired) electrons. The standard InChI is InChI=1S/C45H47N11O4S/c1-27(2)41(44(59)56-15-7-9-36(56)43(58)46-23-29-11-13-30(14-12-29)42-28(3)49-26-61-42)39-21-33(52-60-39)31-24-47-45(48-25-31)55-18-16-54(17-19-55)40-22-35-37(53(40)4)20-34(50-51-35)32-8-5-6-10-38(32)57/h5-6,8,10-14,20-22,24-27,36,41,57H,7,9,15-19,23H2,1-4H3,(H,46,58). The molecule has 0 aliphatic carbocycles. The minimum absolute atomic E-state index is 0.0984. The van der Waals surface area contributed by atoms with Crippen molar-refractivity contribution < 1.29 is 19.2 Å². The van der Waals surface area contributed by atoms with E-state index < -0.39 is 12.0 Å². The Bertz CT molecular complexity index is 2680. The molecule has 2 saturated heterocycles. The first-order valence-corrected chi connectivity index (χ1v) is 21.5. The van der Waals surface area contributed by atoms with Crippen molar-refractivity contribution in [3.8, 4) is 38.7 Å². The van der Waals surface area contributed by atoms with E-state index in [1.165, 1.54) is 0 Å². The number of para-hydroxylation sites is 1. The molecule has 61 heavy (non-hydrogen) atoms. The van der Waals surface area contributed by atoms with E-state index in [1.54, 1.807) is 46.8 Å². The number of benzene rings is 2. The van der Waals surface area contributed by atoms with E-state index in [4.69, 9.17) is 14.5 Å². The Morgan fingerprint density at radius 2 is 1.66 bits per heavy atom. The van der Waals surface area contributed by atoms with Gasteiger partial charge in [0.05, 0.1) is 27.3 Å². The summed E-state index contributed by atoms with van der Waals surface area (Å²) in [6.07, 6.45) is 4.83. The molecule has 2 aliphatic heterocycles. The van der Waals surface area contributed by atoms with Crippen molar-refractivity contribution in [1.29, 1.82) is 0 Å². The number of nitrogens with one attached hydrogen (secondary N) is 1. The van der Waals surface area contributed by atoms with Crippen LogP contribution < -0.4 is 15.1 Å². The molecule has 312 valence electrons.